The summed E-state index contributed by atoms with van der Waals surface area (Å²) in [6, 6.07) is 85.1. The van der Waals surface area contributed by atoms with E-state index in [1.165, 1.54) is 77.2 Å². The Labute approximate surface area is 334 Å². The molecule has 0 aliphatic heterocycles. The summed E-state index contributed by atoms with van der Waals surface area (Å²) >= 11 is 1.18. The zero-order chi connectivity index (χ0) is 37.5. The van der Waals surface area contributed by atoms with Gasteiger partial charge in [-0.25, -0.2) is 0 Å². The van der Waals surface area contributed by atoms with Crippen molar-refractivity contribution < 1.29 is 0 Å². The predicted octanol–water partition coefficient (Wildman–Crippen LogP) is 14.7. The highest BCUT2D eigenvalue weighted by atomic mass is 32.2. The summed E-state index contributed by atoms with van der Waals surface area (Å²) in [5.41, 5.74) is 15.4. The Morgan fingerprint density at radius 1 is 0.250 bits per heavy atom. The first kappa shape index (κ1) is 34.9. The maximum absolute atomic E-state index is 2.38. The van der Waals surface area contributed by atoms with Gasteiger partial charge >= 0.3 is 0 Å². The Morgan fingerprint density at radius 2 is 0.607 bits per heavy atom. The van der Waals surface area contributed by atoms with Crippen LogP contribution in [-0.4, -0.2) is 0 Å². The van der Waals surface area contributed by atoms with E-state index in [0.717, 1.165) is 17.1 Å². The van der Waals surface area contributed by atoms with Gasteiger partial charge in [-0.1, -0.05) is 170 Å². The molecule has 0 amide bonds. The van der Waals surface area contributed by atoms with Crippen LogP contribution in [0.5, 0.6) is 0 Å². The van der Waals surface area contributed by atoms with Crippen molar-refractivity contribution in [1.82, 2.24) is 0 Å². The lowest BCUT2D eigenvalue weighted by molar-refractivity contribution is 1.28. The molecule has 0 aromatic heterocycles. The quantitative estimate of drug-likeness (QED) is 0.0999. The van der Waals surface area contributed by atoms with Crippen molar-refractivity contribution in [2.24, 2.45) is 0 Å². The molecule has 9 aromatic rings. The van der Waals surface area contributed by atoms with Gasteiger partial charge in [-0.15, -0.1) is 0 Å². The van der Waals surface area contributed by atoms with Crippen molar-refractivity contribution in [2.75, 3.05) is 4.90 Å². The third-order valence-electron chi connectivity index (χ3n) is 10.2. The van der Waals surface area contributed by atoms with Crippen LogP contribution in [0.25, 0.3) is 55.6 Å². The van der Waals surface area contributed by atoms with Crippen LogP contribution in [0.2, 0.25) is 0 Å². The summed E-state index contributed by atoms with van der Waals surface area (Å²) < 4.78 is 0. The van der Waals surface area contributed by atoms with E-state index in [0.29, 0.717) is 0 Å². The number of thiol groups is 1. The minimum absolute atomic E-state index is 1.10. The number of hydrogen-bond donors (Lipinski definition) is 0. The van der Waals surface area contributed by atoms with Crippen molar-refractivity contribution >= 4 is 28.8 Å². The Balaban J connectivity index is 1.10. The Bertz CT molecular complexity index is 2570. The Hall–Kier alpha value is -6.87. The van der Waals surface area contributed by atoms with Gasteiger partial charge in [-0.05, 0) is 117 Å². The number of benzene rings is 9. The summed E-state index contributed by atoms with van der Waals surface area (Å²) in [5.74, 6) is 0. The van der Waals surface area contributed by atoms with Crippen LogP contribution in [0, 0.1) is 0 Å². The van der Waals surface area contributed by atoms with Gasteiger partial charge in [0.05, 0.1) is 0 Å². The van der Waals surface area contributed by atoms with E-state index in [1.807, 2.05) is 0 Å². The molecular formula is C54H40NS+. The second-order valence-corrected chi connectivity index (χ2v) is 15.0. The molecule has 9 rings (SSSR count). The van der Waals surface area contributed by atoms with Gasteiger partial charge in [0.2, 0.25) is 0 Å². The third-order valence-corrected chi connectivity index (χ3v) is 11.4. The Kier molecular flexibility index (Phi) is 10.1. The molecule has 2 heteroatoms. The molecule has 0 fully saturated rings. The molecule has 0 aliphatic carbocycles. The number of anilines is 3. The maximum atomic E-state index is 2.38. The Morgan fingerprint density at radius 3 is 1.09 bits per heavy atom. The SMILES string of the molecule is c1ccc([SH+]c2ccc(-c3ccc(N(c4ccc(-c5ccccc5)cc4)c4ccc(-c5ccccc5)cc4)cc3)cc2-c2ccccc2-c2ccccc2)cc1. The van der Waals surface area contributed by atoms with Gasteiger partial charge in [0, 0.05) is 34.4 Å². The molecule has 0 heterocycles. The molecule has 0 aliphatic rings. The van der Waals surface area contributed by atoms with Crippen molar-refractivity contribution in [1.29, 1.82) is 0 Å². The highest BCUT2D eigenvalue weighted by Crippen LogP contribution is 2.40. The highest BCUT2D eigenvalue weighted by Gasteiger charge is 2.19. The summed E-state index contributed by atoms with van der Waals surface area (Å²) in [5, 5.41) is 0. The van der Waals surface area contributed by atoms with Crippen LogP contribution in [0.1, 0.15) is 0 Å². The van der Waals surface area contributed by atoms with E-state index in [-0.39, 0.29) is 0 Å². The molecule has 0 saturated carbocycles. The van der Waals surface area contributed by atoms with Gasteiger partial charge in [-0.2, -0.15) is 0 Å². The maximum Gasteiger partial charge on any atom is 0.166 e. The molecule has 0 atom stereocenters. The summed E-state index contributed by atoms with van der Waals surface area (Å²) in [6.45, 7) is 0. The van der Waals surface area contributed by atoms with E-state index >= 15 is 0 Å². The van der Waals surface area contributed by atoms with Crippen LogP contribution in [0.3, 0.4) is 0 Å². The monoisotopic (exact) mass is 734 g/mol. The molecule has 0 N–H and O–H groups in total. The highest BCUT2D eigenvalue weighted by molar-refractivity contribution is 7.78. The topological polar surface area (TPSA) is 3.24 Å². The average Bonchev–Trinajstić information content (AvgIpc) is 3.29. The lowest BCUT2D eigenvalue weighted by Crippen LogP contribution is -2.09. The molecule has 0 bridgehead atoms. The van der Waals surface area contributed by atoms with E-state index in [2.05, 4.69) is 241 Å². The normalized spacial score (nSPS) is 10.9. The van der Waals surface area contributed by atoms with Gasteiger partial charge < -0.3 is 4.90 Å². The standard InChI is InChI=1S/C54H39NS/c1-5-15-40(16-6-1)42-25-32-47(33-26-42)55(48-34-27-43(28-35-48)41-17-7-2-8-18-41)49-36-29-44(30-37-49)46-31-38-54(56-50-21-11-4-12-22-50)53(39-46)52-24-14-13-23-51(52)45-19-9-3-10-20-45/h1-39H/p+1. The molecule has 56 heavy (non-hydrogen) atoms. The first-order chi connectivity index (χ1) is 27.8. The summed E-state index contributed by atoms with van der Waals surface area (Å²) in [6.07, 6.45) is 0. The van der Waals surface area contributed by atoms with Crippen molar-refractivity contribution in [2.45, 2.75) is 9.79 Å². The molecular weight excluding hydrogens is 695 g/mol. The molecule has 0 radical (unpaired) electrons. The molecule has 9 aromatic carbocycles. The van der Waals surface area contributed by atoms with Crippen molar-refractivity contribution in [3.63, 3.8) is 0 Å². The zero-order valence-corrected chi connectivity index (χ0v) is 31.8. The smallest absolute Gasteiger partial charge is 0.166 e. The van der Waals surface area contributed by atoms with Crippen LogP contribution < -0.4 is 4.90 Å². The van der Waals surface area contributed by atoms with Gasteiger partial charge in [-0.3, -0.25) is 0 Å². The zero-order valence-electron chi connectivity index (χ0n) is 30.9. The van der Waals surface area contributed by atoms with E-state index in [4.69, 9.17) is 0 Å². The number of nitrogens with zero attached hydrogens (tertiary/aromatic N) is 1. The van der Waals surface area contributed by atoms with Crippen LogP contribution in [-0.2, 0) is 11.8 Å². The van der Waals surface area contributed by atoms with Crippen molar-refractivity contribution in [3.8, 4) is 55.6 Å². The number of hydrogen-bond acceptors (Lipinski definition) is 1. The number of rotatable bonds is 10. The van der Waals surface area contributed by atoms with E-state index in [9.17, 15) is 0 Å². The molecule has 0 unspecified atom stereocenters. The summed E-state index contributed by atoms with van der Waals surface area (Å²) in [4.78, 5) is 4.90. The van der Waals surface area contributed by atoms with Crippen LogP contribution >= 0.6 is 0 Å². The van der Waals surface area contributed by atoms with Gasteiger partial charge in [0.1, 0.15) is 0 Å². The second kappa shape index (κ2) is 16.2. The largest absolute Gasteiger partial charge is 0.311 e. The minimum atomic E-state index is 1.10. The van der Waals surface area contributed by atoms with Gasteiger partial charge in [0.25, 0.3) is 0 Å². The fourth-order valence-electron chi connectivity index (χ4n) is 7.38. The average molecular weight is 735 g/mol. The molecule has 266 valence electrons. The second-order valence-electron chi connectivity index (χ2n) is 13.8. The first-order valence-corrected chi connectivity index (χ1v) is 19.9. The van der Waals surface area contributed by atoms with Crippen LogP contribution in [0.4, 0.5) is 17.1 Å². The van der Waals surface area contributed by atoms with Crippen molar-refractivity contribution in [3.05, 3.63) is 237 Å². The van der Waals surface area contributed by atoms with E-state index < -0.39 is 0 Å². The van der Waals surface area contributed by atoms with E-state index in [1.54, 1.807) is 0 Å². The lowest BCUT2D eigenvalue weighted by Gasteiger charge is -2.26. The lowest BCUT2D eigenvalue weighted by atomic mass is 9.92. The van der Waals surface area contributed by atoms with Crippen LogP contribution in [0.15, 0.2) is 246 Å². The third kappa shape index (κ3) is 7.57. The minimum Gasteiger partial charge on any atom is -0.311 e. The molecule has 1 nitrogen and oxygen atoms in total. The molecule has 0 saturated heterocycles. The predicted molar refractivity (Wildman–Crippen MR) is 240 cm³/mol. The summed E-state index contributed by atoms with van der Waals surface area (Å²) in [7, 11) is 0. The fourth-order valence-corrected chi connectivity index (χ4v) is 8.43. The first-order valence-electron chi connectivity index (χ1n) is 19.0. The fraction of sp³-hybridized carbons (Fsp3) is 0. The molecule has 0 spiro atoms. The van der Waals surface area contributed by atoms with Gasteiger partial charge in [0.15, 0.2) is 9.79 Å².